The third-order valence-electron chi connectivity index (χ3n) is 7.96. The number of hydrogen-bond acceptors (Lipinski definition) is 9. The highest BCUT2D eigenvalue weighted by Gasteiger charge is 2.23. The summed E-state index contributed by atoms with van der Waals surface area (Å²) in [4.78, 5) is 37.2. The van der Waals surface area contributed by atoms with Crippen LogP contribution >= 0.6 is 0 Å². The molecule has 0 atom stereocenters. The van der Waals surface area contributed by atoms with Crippen molar-refractivity contribution in [2.24, 2.45) is 7.05 Å². The Morgan fingerprint density at radius 2 is 1.83 bits per heavy atom. The van der Waals surface area contributed by atoms with Crippen LogP contribution in [0.2, 0.25) is 0 Å². The van der Waals surface area contributed by atoms with Gasteiger partial charge in [-0.25, -0.2) is 18.7 Å². The van der Waals surface area contributed by atoms with E-state index in [1.165, 1.54) is 28.3 Å². The smallest absolute Gasteiger partial charge is 0.334 e. The molecule has 1 fully saturated rings. The molecule has 1 N–H and O–H groups in total. The number of nitrogens with zero attached hydrogens (tertiary/aromatic N) is 5. The predicted octanol–water partition coefficient (Wildman–Crippen LogP) is 4.72. The normalized spacial score (nSPS) is 13.4. The van der Waals surface area contributed by atoms with E-state index in [1.54, 1.807) is 62.8 Å². The molecule has 5 aromatic rings. The molecule has 0 spiro atoms. The summed E-state index contributed by atoms with van der Waals surface area (Å²) < 4.78 is 40.9. The maximum absolute atomic E-state index is 15.3. The van der Waals surface area contributed by atoms with Crippen LogP contribution in [0.5, 0.6) is 23.0 Å². The lowest BCUT2D eigenvalue weighted by Crippen LogP contribution is -2.37. The van der Waals surface area contributed by atoms with E-state index in [0.29, 0.717) is 46.3 Å². The van der Waals surface area contributed by atoms with Crippen molar-refractivity contribution in [1.82, 2.24) is 24.0 Å². The predicted molar refractivity (Wildman–Crippen MR) is 174 cm³/mol. The van der Waals surface area contributed by atoms with Gasteiger partial charge >= 0.3 is 5.69 Å². The molecular formula is C34H35FN6O6. The Kier molecular flexibility index (Phi) is 9.45. The van der Waals surface area contributed by atoms with Crippen molar-refractivity contribution in [1.29, 1.82) is 0 Å². The SMILES string of the molecule is COc1cc2c(Oc3ccc(NC(=O)c4c(C)n(-c5ccccn5)c(=O)n4C)cc3F)ccnc2cc1OCCCN1CCOCC1. The lowest BCUT2D eigenvalue weighted by atomic mass is 10.1. The van der Waals surface area contributed by atoms with Gasteiger partial charge in [0.25, 0.3) is 5.91 Å². The van der Waals surface area contributed by atoms with Gasteiger partial charge in [-0.15, -0.1) is 0 Å². The molecule has 244 valence electrons. The van der Waals surface area contributed by atoms with Crippen LogP contribution in [0.15, 0.2) is 71.8 Å². The fraction of sp³-hybridized carbons (Fsp3) is 0.294. The second-order valence-electron chi connectivity index (χ2n) is 11.0. The molecule has 0 unspecified atom stereocenters. The Morgan fingerprint density at radius 1 is 1.00 bits per heavy atom. The van der Waals surface area contributed by atoms with E-state index < -0.39 is 17.4 Å². The maximum Gasteiger partial charge on any atom is 0.334 e. The van der Waals surface area contributed by atoms with Crippen molar-refractivity contribution in [2.75, 3.05) is 51.9 Å². The molecule has 1 aliphatic heterocycles. The lowest BCUT2D eigenvalue weighted by molar-refractivity contribution is 0.0357. The quantitative estimate of drug-likeness (QED) is 0.204. The van der Waals surface area contributed by atoms with Crippen molar-refractivity contribution in [2.45, 2.75) is 13.3 Å². The molecule has 0 saturated carbocycles. The summed E-state index contributed by atoms with van der Waals surface area (Å²) in [5, 5.41) is 3.28. The zero-order valence-corrected chi connectivity index (χ0v) is 26.4. The number of amides is 1. The van der Waals surface area contributed by atoms with Crippen LogP contribution < -0.4 is 25.2 Å². The van der Waals surface area contributed by atoms with Crippen molar-refractivity contribution >= 4 is 22.5 Å². The number of carbonyl (C=O) groups excluding carboxylic acids is 1. The van der Waals surface area contributed by atoms with Crippen LogP contribution in [0.25, 0.3) is 16.7 Å². The summed E-state index contributed by atoms with van der Waals surface area (Å²) in [6.45, 7) is 6.44. The van der Waals surface area contributed by atoms with Gasteiger partial charge < -0.3 is 24.3 Å². The number of anilines is 1. The van der Waals surface area contributed by atoms with E-state index >= 15 is 4.39 Å². The van der Waals surface area contributed by atoms with E-state index in [4.69, 9.17) is 18.9 Å². The number of morpholine rings is 1. The lowest BCUT2D eigenvalue weighted by Gasteiger charge is -2.26. The molecule has 0 bridgehead atoms. The number of aromatic nitrogens is 4. The fourth-order valence-corrected chi connectivity index (χ4v) is 5.57. The van der Waals surface area contributed by atoms with Gasteiger partial charge in [0.15, 0.2) is 23.1 Å². The van der Waals surface area contributed by atoms with Crippen molar-refractivity contribution in [3.63, 3.8) is 0 Å². The summed E-state index contributed by atoms with van der Waals surface area (Å²) in [7, 11) is 3.05. The number of benzene rings is 2. The van der Waals surface area contributed by atoms with Crippen LogP contribution in [-0.4, -0.2) is 76.5 Å². The summed E-state index contributed by atoms with van der Waals surface area (Å²) in [5.74, 6) is 0.490. The number of methoxy groups -OCH3 is 1. The van der Waals surface area contributed by atoms with Gasteiger partial charge in [-0.05, 0) is 49.7 Å². The molecule has 0 aliphatic carbocycles. The Bertz CT molecular complexity index is 1950. The first-order valence-electron chi connectivity index (χ1n) is 15.2. The third kappa shape index (κ3) is 6.81. The summed E-state index contributed by atoms with van der Waals surface area (Å²) in [6, 6.07) is 14.4. The first-order valence-corrected chi connectivity index (χ1v) is 15.2. The number of hydrogen-bond donors (Lipinski definition) is 1. The summed E-state index contributed by atoms with van der Waals surface area (Å²) >= 11 is 0. The van der Waals surface area contributed by atoms with Gasteiger partial charge in [0.1, 0.15) is 17.3 Å². The Balaban J connectivity index is 1.16. The molecule has 0 radical (unpaired) electrons. The topological polar surface area (TPSA) is 122 Å². The molecule has 6 rings (SSSR count). The molecule has 12 nitrogen and oxygen atoms in total. The number of imidazole rings is 1. The van der Waals surface area contributed by atoms with Crippen molar-refractivity contribution < 1.29 is 28.1 Å². The van der Waals surface area contributed by atoms with Gasteiger partial charge in [0.2, 0.25) is 0 Å². The molecule has 13 heteroatoms. The van der Waals surface area contributed by atoms with Gasteiger partial charge in [-0.3, -0.25) is 19.2 Å². The molecule has 3 aromatic heterocycles. The van der Waals surface area contributed by atoms with Crippen LogP contribution in [0.4, 0.5) is 10.1 Å². The summed E-state index contributed by atoms with van der Waals surface area (Å²) in [6.07, 6.45) is 3.98. The van der Waals surface area contributed by atoms with Gasteiger partial charge in [0.05, 0.1) is 38.1 Å². The first kappa shape index (κ1) is 31.7. The van der Waals surface area contributed by atoms with Gasteiger partial charge in [-0.2, -0.15) is 0 Å². The highest BCUT2D eigenvalue weighted by Crippen LogP contribution is 2.38. The first-order chi connectivity index (χ1) is 22.8. The third-order valence-corrected chi connectivity index (χ3v) is 7.96. The monoisotopic (exact) mass is 642 g/mol. The highest BCUT2D eigenvalue weighted by molar-refractivity contribution is 6.04. The zero-order chi connectivity index (χ0) is 32.9. The van der Waals surface area contributed by atoms with E-state index in [2.05, 4.69) is 20.2 Å². The standard InChI is InChI=1S/C34H35FN6O6/c1-22-32(39(2)34(43)41(22)31-7-4-5-11-37-31)33(42)38-23-8-9-28(25(35)19-23)47-27-10-12-36-26-21-30(29(44-3)20-24(26)27)46-16-6-13-40-14-17-45-18-15-40/h4-5,7-12,19-21H,6,13-18H2,1-3H3,(H,38,42). The molecule has 1 saturated heterocycles. The molecule has 4 heterocycles. The second-order valence-corrected chi connectivity index (χ2v) is 11.0. The minimum atomic E-state index is -0.698. The second kappa shape index (κ2) is 14.0. The van der Waals surface area contributed by atoms with E-state index in [-0.39, 0.29) is 17.1 Å². The van der Waals surface area contributed by atoms with Gasteiger partial charge in [-0.1, -0.05) is 6.07 Å². The van der Waals surface area contributed by atoms with Crippen molar-refractivity contribution in [3.05, 3.63) is 94.7 Å². The number of nitrogens with one attached hydrogen (secondary N) is 1. The van der Waals surface area contributed by atoms with Gasteiger partial charge in [0, 0.05) is 62.3 Å². The summed E-state index contributed by atoms with van der Waals surface area (Å²) in [5.41, 5.74) is 0.878. The number of rotatable bonds is 11. The maximum atomic E-state index is 15.3. The number of pyridine rings is 2. The molecular weight excluding hydrogens is 607 g/mol. The molecule has 1 aliphatic rings. The fourth-order valence-electron chi connectivity index (χ4n) is 5.57. The minimum Gasteiger partial charge on any atom is -0.493 e. The van der Waals surface area contributed by atoms with E-state index in [0.717, 1.165) is 45.3 Å². The Hall–Kier alpha value is -5.27. The molecule has 47 heavy (non-hydrogen) atoms. The van der Waals surface area contributed by atoms with Crippen molar-refractivity contribution in [3.8, 4) is 28.8 Å². The average molecular weight is 643 g/mol. The van der Waals surface area contributed by atoms with Crippen LogP contribution in [-0.2, 0) is 11.8 Å². The number of ether oxygens (including phenoxy) is 4. The molecule has 2 aromatic carbocycles. The number of fused-ring (bicyclic) bond motifs is 1. The van der Waals surface area contributed by atoms with E-state index in [9.17, 15) is 9.59 Å². The molecule has 1 amide bonds. The average Bonchev–Trinajstić information content (AvgIpc) is 3.31. The van der Waals surface area contributed by atoms with Crippen LogP contribution in [0.1, 0.15) is 22.6 Å². The van der Waals surface area contributed by atoms with Crippen LogP contribution in [0.3, 0.4) is 0 Å². The number of halogens is 1. The largest absolute Gasteiger partial charge is 0.493 e. The zero-order valence-electron chi connectivity index (χ0n) is 26.4. The highest BCUT2D eigenvalue weighted by atomic mass is 19.1. The van der Waals surface area contributed by atoms with Crippen LogP contribution in [0, 0.1) is 12.7 Å². The van der Waals surface area contributed by atoms with E-state index in [1.807, 2.05) is 0 Å². The minimum absolute atomic E-state index is 0.0530. The number of carbonyl (C=O) groups is 1. The Morgan fingerprint density at radius 3 is 2.57 bits per heavy atom. The Labute approximate surface area is 270 Å².